The zero-order chi connectivity index (χ0) is 39.7. The largest absolute Gasteiger partial charge is 0.475 e. The standard InChI is InChI=1S/C42H78NO10P/c1-7-11-13-15-16-17-18-19-20-21-22-23-24-26-28-30-38(44)43-39-41(49-34-31-36(48-6)29-27-25-14-12-8-2)40(37(35-47-5)52-42(39)45)53-54(46,50-32-9-3)51-33-10-4/h9-10,17-18,36-37,39-42,45H,3-4,7-8,11-16,19-35H2,1-2,5-6H3,(H,43,44)/b18-17-/t36?,37?,39-,40?,41?,42?/m1/s1. The first-order chi connectivity index (χ1) is 26.3. The first kappa shape index (κ1) is 50.6. The lowest BCUT2D eigenvalue weighted by molar-refractivity contribution is -0.261. The lowest BCUT2D eigenvalue weighted by atomic mass is 9.96. The van der Waals surface area contributed by atoms with Gasteiger partial charge in [-0.25, -0.2) is 4.57 Å². The molecule has 316 valence electrons. The summed E-state index contributed by atoms with van der Waals surface area (Å²) in [6, 6.07) is -1.02. The summed E-state index contributed by atoms with van der Waals surface area (Å²) in [7, 11) is -1.03. The number of phosphoric ester groups is 1. The molecule has 0 aliphatic carbocycles. The molecule has 0 aromatic heterocycles. The smallest absolute Gasteiger partial charge is 0.382 e. The molecule has 1 heterocycles. The van der Waals surface area contributed by atoms with Gasteiger partial charge in [0.15, 0.2) is 6.29 Å². The van der Waals surface area contributed by atoms with Crippen LogP contribution in [-0.2, 0) is 41.9 Å². The van der Waals surface area contributed by atoms with E-state index in [-0.39, 0.29) is 38.4 Å². The number of phosphoric acid groups is 1. The van der Waals surface area contributed by atoms with Crippen molar-refractivity contribution in [3.63, 3.8) is 0 Å². The fourth-order valence-electron chi connectivity index (χ4n) is 6.54. The number of hydrogen-bond acceptors (Lipinski definition) is 10. The third-order valence-electron chi connectivity index (χ3n) is 9.65. The minimum atomic E-state index is -4.21. The van der Waals surface area contributed by atoms with Gasteiger partial charge in [-0.15, -0.1) is 13.2 Å². The summed E-state index contributed by atoms with van der Waals surface area (Å²) in [5.74, 6) is -0.238. The fraction of sp³-hybridized carbons (Fsp3) is 0.833. The van der Waals surface area contributed by atoms with Gasteiger partial charge in [0.2, 0.25) is 5.91 Å². The Hall–Kier alpha value is -1.40. The molecule has 11 nitrogen and oxygen atoms in total. The highest BCUT2D eigenvalue weighted by Gasteiger charge is 2.51. The molecule has 54 heavy (non-hydrogen) atoms. The van der Waals surface area contributed by atoms with Gasteiger partial charge in [-0.1, -0.05) is 122 Å². The van der Waals surface area contributed by atoms with E-state index in [0.717, 1.165) is 51.4 Å². The van der Waals surface area contributed by atoms with Gasteiger partial charge >= 0.3 is 7.82 Å². The Morgan fingerprint density at radius 3 is 1.93 bits per heavy atom. The van der Waals surface area contributed by atoms with Crippen LogP contribution in [0.3, 0.4) is 0 Å². The molecule has 0 aromatic rings. The third kappa shape index (κ3) is 23.6. The number of allylic oxidation sites excluding steroid dienone is 2. The van der Waals surface area contributed by atoms with E-state index in [0.29, 0.717) is 12.8 Å². The van der Waals surface area contributed by atoms with Crippen molar-refractivity contribution in [3.05, 3.63) is 37.5 Å². The highest BCUT2D eigenvalue weighted by molar-refractivity contribution is 7.48. The molecule has 1 fully saturated rings. The summed E-state index contributed by atoms with van der Waals surface area (Å²) in [5.41, 5.74) is 0. The van der Waals surface area contributed by atoms with Crippen LogP contribution in [0.15, 0.2) is 37.5 Å². The van der Waals surface area contributed by atoms with Crippen LogP contribution in [0.4, 0.5) is 0 Å². The summed E-state index contributed by atoms with van der Waals surface area (Å²) >= 11 is 0. The summed E-state index contributed by atoms with van der Waals surface area (Å²) in [4.78, 5) is 13.3. The number of nitrogens with one attached hydrogen (secondary N) is 1. The van der Waals surface area contributed by atoms with Crippen LogP contribution in [0.1, 0.15) is 149 Å². The third-order valence-corrected chi connectivity index (χ3v) is 11.1. The number of rotatable bonds is 37. The van der Waals surface area contributed by atoms with Crippen LogP contribution in [0, 0.1) is 0 Å². The minimum Gasteiger partial charge on any atom is -0.382 e. The molecule has 1 amide bonds. The van der Waals surface area contributed by atoms with Crippen LogP contribution in [0.5, 0.6) is 0 Å². The molecule has 6 atom stereocenters. The second-order valence-corrected chi connectivity index (χ2v) is 15.9. The second-order valence-electron chi connectivity index (χ2n) is 14.3. The summed E-state index contributed by atoms with van der Waals surface area (Å²) in [6.45, 7) is 11.7. The molecular weight excluding hydrogens is 709 g/mol. The Balaban J connectivity index is 2.86. The number of aliphatic hydroxyl groups is 1. The van der Waals surface area contributed by atoms with Crippen LogP contribution in [-0.4, -0.2) is 88.4 Å². The van der Waals surface area contributed by atoms with Crippen LogP contribution in [0.25, 0.3) is 0 Å². The molecular formula is C42H78NO10P. The topological polar surface area (TPSA) is 131 Å². The Bertz CT molecular complexity index is 998. The summed E-state index contributed by atoms with van der Waals surface area (Å²) in [5, 5.41) is 14.2. The lowest BCUT2D eigenvalue weighted by Gasteiger charge is -2.45. The van der Waals surface area contributed by atoms with E-state index in [1.165, 1.54) is 89.9 Å². The molecule has 1 aliphatic rings. The molecule has 0 spiro atoms. The number of aliphatic hydroxyl groups excluding tert-OH is 1. The van der Waals surface area contributed by atoms with Crippen molar-refractivity contribution in [1.82, 2.24) is 5.32 Å². The van der Waals surface area contributed by atoms with Gasteiger partial charge in [-0.2, -0.15) is 0 Å². The maximum Gasteiger partial charge on any atom is 0.475 e. The maximum atomic E-state index is 13.8. The molecule has 1 saturated heterocycles. The average Bonchev–Trinajstić information content (AvgIpc) is 3.16. The highest BCUT2D eigenvalue weighted by Crippen LogP contribution is 2.52. The van der Waals surface area contributed by atoms with E-state index in [4.69, 9.17) is 32.5 Å². The normalized spacial score (nSPS) is 21.0. The van der Waals surface area contributed by atoms with E-state index < -0.39 is 38.5 Å². The van der Waals surface area contributed by atoms with Crippen molar-refractivity contribution < 1.29 is 47.0 Å². The summed E-state index contributed by atoms with van der Waals surface area (Å²) in [6.07, 6.45) is 25.7. The van der Waals surface area contributed by atoms with Crippen LogP contribution >= 0.6 is 7.82 Å². The SMILES string of the molecule is C=CCOP(=O)(OCC=C)OC1C(COC)OC(O)[C@H](NC(=O)CCCCCCCCC/C=C\CCCCCC)C1OCCC(CCCCCCC)OC. The van der Waals surface area contributed by atoms with Gasteiger partial charge in [-0.3, -0.25) is 18.4 Å². The Morgan fingerprint density at radius 2 is 1.35 bits per heavy atom. The van der Waals surface area contributed by atoms with Crippen molar-refractivity contribution in [2.75, 3.05) is 40.6 Å². The monoisotopic (exact) mass is 788 g/mol. The predicted octanol–water partition coefficient (Wildman–Crippen LogP) is 9.92. The molecule has 0 radical (unpaired) electrons. The number of carbonyl (C=O) groups is 1. The van der Waals surface area contributed by atoms with Gasteiger partial charge in [0, 0.05) is 27.2 Å². The van der Waals surface area contributed by atoms with E-state index in [2.05, 4.69) is 44.5 Å². The second kappa shape index (κ2) is 33.7. The molecule has 1 rings (SSSR count). The Morgan fingerprint density at radius 1 is 0.796 bits per heavy atom. The maximum absolute atomic E-state index is 13.8. The Kier molecular flexibility index (Phi) is 31.6. The number of hydrogen-bond donors (Lipinski definition) is 2. The van der Waals surface area contributed by atoms with Crippen LogP contribution in [0.2, 0.25) is 0 Å². The predicted molar refractivity (Wildman–Crippen MR) is 217 cm³/mol. The van der Waals surface area contributed by atoms with E-state index in [9.17, 15) is 14.5 Å². The van der Waals surface area contributed by atoms with Crippen molar-refractivity contribution in [2.45, 2.75) is 185 Å². The number of methoxy groups -OCH3 is 2. The van der Waals surface area contributed by atoms with Crippen molar-refractivity contribution >= 4 is 13.7 Å². The van der Waals surface area contributed by atoms with E-state index in [1.807, 2.05) is 0 Å². The number of unbranched alkanes of at least 4 members (excludes halogenated alkanes) is 15. The van der Waals surface area contributed by atoms with Crippen molar-refractivity contribution in [2.24, 2.45) is 0 Å². The quantitative estimate of drug-likeness (QED) is 0.0356. The van der Waals surface area contributed by atoms with Gasteiger partial charge in [-0.05, 0) is 44.9 Å². The Labute approximate surface area is 328 Å². The van der Waals surface area contributed by atoms with E-state index in [1.54, 1.807) is 7.11 Å². The van der Waals surface area contributed by atoms with Crippen LogP contribution < -0.4 is 5.32 Å². The molecule has 0 saturated carbocycles. The van der Waals surface area contributed by atoms with E-state index >= 15 is 0 Å². The zero-order valence-corrected chi connectivity index (χ0v) is 35.3. The first-order valence-electron chi connectivity index (χ1n) is 21.0. The van der Waals surface area contributed by atoms with Gasteiger partial charge in [0.25, 0.3) is 0 Å². The van der Waals surface area contributed by atoms with Gasteiger partial charge < -0.3 is 29.4 Å². The minimum absolute atomic E-state index is 0.0144. The molecule has 0 aromatic carbocycles. The first-order valence-corrected chi connectivity index (χ1v) is 22.5. The number of amides is 1. The number of ether oxygens (including phenoxy) is 4. The van der Waals surface area contributed by atoms with Crippen molar-refractivity contribution in [1.29, 1.82) is 0 Å². The highest BCUT2D eigenvalue weighted by atomic mass is 31.2. The molecule has 5 unspecified atom stereocenters. The lowest BCUT2D eigenvalue weighted by Crippen LogP contribution is -2.65. The molecule has 2 N–H and O–H groups in total. The number of carbonyl (C=O) groups excluding carboxylic acids is 1. The zero-order valence-electron chi connectivity index (χ0n) is 34.4. The molecule has 1 aliphatic heterocycles. The summed E-state index contributed by atoms with van der Waals surface area (Å²) < 4.78 is 54.4. The fourth-order valence-corrected chi connectivity index (χ4v) is 7.86. The molecule has 12 heteroatoms. The van der Waals surface area contributed by atoms with Gasteiger partial charge in [0.05, 0.1) is 25.9 Å². The van der Waals surface area contributed by atoms with Gasteiger partial charge in [0.1, 0.15) is 24.4 Å². The molecule has 0 bridgehead atoms. The van der Waals surface area contributed by atoms with Crippen molar-refractivity contribution in [3.8, 4) is 0 Å². The average molecular weight is 788 g/mol.